The van der Waals surface area contributed by atoms with Crippen LogP contribution in [0, 0.1) is 5.82 Å². The van der Waals surface area contributed by atoms with Gasteiger partial charge in [0.1, 0.15) is 5.82 Å². The number of hydrogen-bond acceptors (Lipinski definition) is 3. The lowest BCUT2D eigenvalue weighted by molar-refractivity contribution is 0.100. The number of aromatic nitrogens is 2. The van der Waals surface area contributed by atoms with Crippen molar-refractivity contribution in [3.05, 3.63) is 54.1 Å². The van der Waals surface area contributed by atoms with Gasteiger partial charge in [0.15, 0.2) is 0 Å². The van der Waals surface area contributed by atoms with Crippen molar-refractivity contribution in [2.24, 2.45) is 0 Å². The molecular weight excluding hydrogens is 269 g/mol. The highest BCUT2D eigenvalue weighted by Gasteiger charge is 2.27. The van der Waals surface area contributed by atoms with Crippen LogP contribution in [0.3, 0.4) is 0 Å². The number of benzene rings is 1. The van der Waals surface area contributed by atoms with Crippen LogP contribution >= 0.6 is 0 Å². The van der Waals surface area contributed by atoms with E-state index in [1.807, 2.05) is 16.9 Å². The van der Waals surface area contributed by atoms with Gasteiger partial charge in [0, 0.05) is 25.0 Å². The molecule has 0 amide bonds. The molecule has 4 nitrogen and oxygen atoms in total. The molecule has 0 saturated carbocycles. The molecule has 1 aromatic carbocycles. The molecule has 2 aromatic rings. The molecule has 0 radical (unpaired) electrons. The molecule has 1 N–H and O–H groups in total. The SMILES string of the molecule is OC(CN1CCCC1Cn1cccn1)c1cccc(F)c1. The predicted octanol–water partition coefficient (Wildman–Crippen LogP) is 2.22. The minimum Gasteiger partial charge on any atom is -0.387 e. The van der Waals surface area contributed by atoms with Crippen molar-refractivity contribution < 1.29 is 9.50 Å². The van der Waals surface area contributed by atoms with Gasteiger partial charge in [0.25, 0.3) is 0 Å². The van der Waals surface area contributed by atoms with E-state index in [0.717, 1.165) is 25.9 Å². The minimum absolute atomic E-state index is 0.305. The van der Waals surface area contributed by atoms with E-state index in [4.69, 9.17) is 0 Å². The summed E-state index contributed by atoms with van der Waals surface area (Å²) >= 11 is 0. The molecule has 1 aliphatic heterocycles. The smallest absolute Gasteiger partial charge is 0.123 e. The van der Waals surface area contributed by atoms with Crippen LogP contribution in [0.15, 0.2) is 42.7 Å². The fourth-order valence-electron chi connectivity index (χ4n) is 3.01. The summed E-state index contributed by atoms with van der Waals surface area (Å²) in [6, 6.07) is 8.51. The molecule has 2 heterocycles. The summed E-state index contributed by atoms with van der Waals surface area (Å²) in [6.45, 7) is 2.34. The molecule has 0 spiro atoms. The summed E-state index contributed by atoms with van der Waals surface area (Å²) in [5.41, 5.74) is 0.639. The maximum absolute atomic E-state index is 13.2. The second-order valence-electron chi connectivity index (χ2n) is 5.59. The van der Waals surface area contributed by atoms with Crippen LogP contribution in [0.25, 0.3) is 0 Å². The molecule has 2 unspecified atom stereocenters. The zero-order valence-electron chi connectivity index (χ0n) is 11.9. The van der Waals surface area contributed by atoms with Gasteiger partial charge in [-0.05, 0) is 43.1 Å². The zero-order valence-corrected chi connectivity index (χ0v) is 11.9. The third kappa shape index (κ3) is 3.49. The Kier molecular flexibility index (Phi) is 4.31. The molecule has 112 valence electrons. The number of nitrogens with zero attached hydrogens (tertiary/aromatic N) is 3. The summed E-state index contributed by atoms with van der Waals surface area (Å²) in [5, 5.41) is 14.6. The average Bonchev–Trinajstić information content (AvgIpc) is 3.12. The molecule has 1 fully saturated rings. The van der Waals surface area contributed by atoms with Crippen molar-refractivity contribution in [1.82, 2.24) is 14.7 Å². The van der Waals surface area contributed by atoms with Crippen LogP contribution in [0.2, 0.25) is 0 Å². The lowest BCUT2D eigenvalue weighted by Gasteiger charge is -2.27. The zero-order chi connectivity index (χ0) is 14.7. The second-order valence-corrected chi connectivity index (χ2v) is 5.59. The van der Waals surface area contributed by atoms with Gasteiger partial charge in [0.05, 0.1) is 12.6 Å². The molecule has 1 aromatic heterocycles. The Morgan fingerprint density at radius 3 is 3.05 bits per heavy atom. The first-order valence-corrected chi connectivity index (χ1v) is 7.37. The van der Waals surface area contributed by atoms with Gasteiger partial charge in [-0.1, -0.05) is 12.1 Å². The Morgan fingerprint density at radius 2 is 2.29 bits per heavy atom. The van der Waals surface area contributed by atoms with E-state index >= 15 is 0 Å². The third-order valence-corrected chi connectivity index (χ3v) is 4.10. The Hall–Kier alpha value is -1.72. The van der Waals surface area contributed by atoms with E-state index in [0.29, 0.717) is 18.2 Å². The van der Waals surface area contributed by atoms with Crippen molar-refractivity contribution >= 4 is 0 Å². The van der Waals surface area contributed by atoms with Crippen molar-refractivity contribution in [3.63, 3.8) is 0 Å². The lowest BCUT2D eigenvalue weighted by Crippen LogP contribution is -2.36. The molecular formula is C16H20FN3O. The molecule has 5 heteroatoms. The second kappa shape index (κ2) is 6.37. The average molecular weight is 289 g/mol. The number of rotatable bonds is 5. The first kappa shape index (κ1) is 14.2. The van der Waals surface area contributed by atoms with Gasteiger partial charge in [-0.2, -0.15) is 5.10 Å². The van der Waals surface area contributed by atoms with Gasteiger partial charge >= 0.3 is 0 Å². The van der Waals surface area contributed by atoms with E-state index in [-0.39, 0.29) is 5.82 Å². The van der Waals surface area contributed by atoms with Crippen LogP contribution in [-0.2, 0) is 6.54 Å². The molecule has 1 aliphatic rings. The van der Waals surface area contributed by atoms with Crippen LogP contribution < -0.4 is 0 Å². The predicted molar refractivity (Wildman–Crippen MR) is 78.2 cm³/mol. The standard InChI is InChI=1S/C16H20FN3O/c17-14-5-1-4-13(10-14)16(21)12-19-8-2-6-15(19)11-20-9-3-7-18-20/h1,3-5,7,9-10,15-16,21H,2,6,8,11-12H2. The summed E-state index contributed by atoms with van der Waals surface area (Å²) in [6.07, 6.45) is 5.32. The normalized spacial score (nSPS) is 20.8. The Balaban J connectivity index is 1.63. The monoisotopic (exact) mass is 289 g/mol. The van der Waals surface area contributed by atoms with Gasteiger partial charge in [0.2, 0.25) is 0 Å². The van der Waals surface area contributed by atoms with Crippen molar-refractivity contribution in [3.8, 4) is 0 Å². The number of likely N-dealkylation sites (tertiary alicyclic amines) is 1. The first-order chi connectivity index (χ1) is 10.2. The van der Waals surface area contributed by atoms with Gasteiger partial charge in [-0.15, -0.1) is 0 Å². The third-order valence-electron chi connectivity index (χ3n) is 4.10. The minimum atomic E-state index is -0.654. The highest BCUT2D eigenvalue weighted by atomic mass is 19.1. The highest BCUT2D eigenvalue weighted by molar-refractivity contribution is 5.19. The quantitative estimate of drug-likeness (QED) is 0.917. The van der Waals surface area contributed by atoms with E-state index in [1.165, 1.54) is 12.1 Å². The fourth-order valence-corrected chi connectivity index (χ4v) is 3.01. The van der Waals surface area contributed by atoms with Gasteiger partial charge < -0.3 is 5.11 Å². The fraction of sp³-hybridized carbons (Fsp3) is 0.438. The number of β-amino-alcohol motifs (C(OH)–C–C–N with tert-alkyl or cyclic N) is 1. The van der Waals surface area contributed by atoms with Gasteiger partial charge in [-0.3, -0.25) is 9.58 Å². The largest absolute Gasteiger partial charge is 0.387 e. The maximum Gasteiger partial charge on any atom is 0.123 e. The molecule has 3 rings (SSSR count). The summed E-state index contributed by atoms with van der Waals surface area (Å²) in [4.78, 5) is 2.28. The highest BCUT2D eigenvalue weighted by Crippen LogP contribution is 2.23. The molecule has 2 atom stereocenters. The van der Waals surface area contributed by atoms with Crippen molar-refractivity contribution in [2.75, 3.05) is 13.1 Å². The first-order valence-electron chi connectivity index (χ1n) is 7.37. The topological polar surface area (TPSA) is 41.3 Å². The summed E-state index contributed by atoms with van der Waals surface area (Å²) in [5.74, 6) is -0.305. The summed E-state index contributed by atoms with van der Waals surface area (Å²) < 4.78 is 15.2. The van der Waals surface area contributed by atoms with Crippen LogP contribution in [0.5, 0.6) is 0 Å². The van der Waals surface area contributed by atoms with Gasteiger partial charge in [-0.25, -0.2) is 4.39 Å². The van der Waals surface area contributed by atoms with E-state index in [9.17, 15) is 9.50 Å². The maximum atomic E-state index is 13.2. The lowest BCUT2D eigenvalue weighted by atomic mass is 10.1. The number of halogens is 1. The van der Waals surface area contributed by atoms with Crippen LogP contribution in [0.1, 0.15) is 24.5 Å². The Labute approximate surface area is 123 Å². The van der Waals surface area contributed by atoms with E-state index in [2.05, 4.69) is 10.00 Å². The van der Waals surface area contributed by atoms with Crippen LogP contribution in [0.4, 0.5) is 4.39 Å². The molecule has 0 aliphatic carbocycles. The van der Waals surface area contributed by atoms with Crippen molar-refractivity contribution in [2.45, 2.75) is 31.5 Å². The number of aliphatic hydroxyl groups excluding tert-OH is 1. The molecule has 0 bridgehead atoms. The van der Waals surface area contributed by atoms with Crippen LogP contribution in [-0.4, -0.2) is 38.9 Å². The Morgan fingerprint density at radius 1 is 1.38 bits per heavy atom. The Bertz CT molecular complexity index is 573. The van der Waals surface area contributed by atoms with Crippen molar-refractivity contribution in [1.29, 1.82) is 0 Å². The van der Waals surface area contributed by atoms with E-state index in [1.54, 1.807) is 18.3 Å². The van der Waals surface area contributed by atoms with E-state index < -0.39 is 6.10 Å². The molecule has 21 heavy (non-hydrogen) atoms. The summed E-state index contributed by atoms with van der Waals surface area (Å²) in [7, 11) is 0. The number of hydrogen-bond donors (Lipinski definition) is 1. The number of aliphatic hydroxyl groups is 1. The molecule has 1 saturated heterocycles.